The van der Waals surface area contributed by atoms with Crippen molar-refractivity contribution in [2.45, 2.75) is 20.4 Å². The molecule has 0 aliphatic rings. The Hall–Kier alpha value is -1.52. The number of thiophene rings is 1. The number of rotatable bonds is 4. The zero-order valence-corrected chi connectivity index (χ0v) is 12.4. The Balaban J connectivity index is 2.01. The van der Waals surface area contributed by atoms with E-state index in [2.05, 4.69) is 10.6 Å². The maximum Gasteiger partial charge on any atom is 0.221 e. The molecule has 1 amide bonds. The molecule has 0 bridgehead atoms. The molecular formula is C14H15ClN2OS. The summed E-state index contributed by atoms with van der Waals surface area (Å²) in [4.78, 5) is 12.2. The summed E-state index contributed by atoms with van der Waals surface area (Å²) >= 11 is 7.51. The van der Waals surface area contributed by atoms with Gasteiger partial charge in [-0.15, -0.1) is 11.3 Å². The third kappa shape index (κ3) is 3.98. The smallest absolute Gasteiger partial charge is 0.221 e. The lowest BCUT2D eigenvalue weighted by molar-refractivity contribution is -0.114. The Bertz CT molecular complexity index is 595. The lowest BCUT2D eigenvalue weighted by atomic mass is 10.1. The van der Waals surface area contributed by atoms with Crippen molar-refractivity contribution < 1.29 is 4.79 Å². The van der Waals surface area contributed by atoms with Crippen LogP contribution in [0.25, 0.3) is 0 Å². The minimum absolute atomic E-state index is 0.0583. The zero-order valence-electron chi connectivity index (χ0n) is 10.8. The molecule has 0 unspecified atom stereocenters. The molecule has 0 saturated heterocycles. The van der Waals surface area contributed by atoms with Crippen molar-refractivity contribution in [3.63, 3.8) is 0 Å². The van der Waals surface area contributed by atoms with E-state index in [0.29, 0.717) is 0 Å². The van der Waals surface area contributed by atoms with Gasteiger partial charge in [-0.05, 0) is 36.8 Å². The van der Waals surface area contributed by atoms with Gasteiger partial charge >= 0.3 is 0 Å². The van der Waals surface area contributed by atoms with E-state index in [0.717, 1.165) is 28.5 Å². The third-order valence-electron chi connectivity index (χ3n) is 2.63. The van der Waals surface area contributed by atoms with Crippen molar-refractivity contribution in [3.8, 4) is 0 Å². The van der Waals surface area contributed by atoms with Gasteiger partial charge in [-0.25, -0.2) is 0 Å². The second-order valence-electron chi connectivity index (χ2n) is 4.30. The highest BCUT2D eigenvalue weighted by molar-refractivity contribution is 7.10. The van der Waals surface area contributed by atoms with Gasteiger partial charge in [0.15, 0.2) is 0 Å². The van der Waals surface area contributed by atoms with E-state index in [9.17, 15) is 4.79 Å². The molecule has 0 spiro atoms. The second kappa shape index (κ2) is 6.08. The maximum absolute atomic E-state index is 11.0. The molecular weight excluding hydrogens is 280 g/mol. The van der Waals surface area contributed by atoms with E-state index in [-0.39, 0.29) is 5.91 Å². The fraction of sp³-hybridized carbons (Fsp3) is 0.214. The average molecular weight is 295 g/mol. The van der Waals surface area contributed by atoms with Crippen molar-refractivity contribution in [1.82, 2.24) is 0 Å². The highest BCUT2D eigenvalue weighted by Gasteiger charge is 2.02. The van der Waals surface area contributed by atoms with E-state index < -0.39 is 0 Å². The number of carbonyl (C=O) groups excluding carboxylic acids is 1. The second-order valence-corrected chi connectivity index (χ2v) is 5.73. The van der Waals surface area contributed by atoms with Gasteiger partial charge in [-0.3, -0.25) is 4.79 Å². The fourth-order valence-corrected chi connectivity index (χ4v) is 2.75. The Kier molecular flexibility index (Phi) is 4.45. The number of nitrogens with one attached hydrogen (secondary N) is 2. The maximum atomic E-state index is 11.0. The number of aryl methyl sites for hydroxylation is 1. The van der Waals surface area contributed by atoms with E-state index >= 15 is 0 Å². The number of amides is 1. The van der Waals surface area contributed by atoms with Gasteiger partial charge < -0.3 is 10.6 Å². The molecule has 2 aromatic rings. The van der Waals surface area contributed by atoms with Gasteiger partial charge in [0.25, 0.3) is 0 Å². The van der Waals surface area contributed by atoms with Crippen molar-refractivity contribution >= 4 is 40.2 Å². The summed E-state index contributed by atoms with van der Waals surface area (Å²) in [5, 5.41) is 8.83. The van der Waals surface area contributed by atoms with Crippen LogP contribution in [0.1, 0.15) is 17.4 Å². The predicted octanol–water partition coefficient (Wildman–Crippen LogP) is 4.28. The molecule has 2 rings (SSSR count). The highest BCUT2D eigenvalue weighted by atomic mass is 35.5. The lowest BCUT2D eigenvalue weighted by Gasteiger charge is -2.10. The number of carbonyl (C=O) groups is 1. The van der Waals surface area contributed by atoms with Crippen LogP contribution < -0.4 is 10.6 Å². The summed E-state index contributed by atoms with van der Waals surface area (Å²) in [6.45, 7) is 4.22. The van der Waals surface area contributed by atoms with Crippen LogP contribution in [-0.2, 0) is 11.3 Å². The number of anilines is 2. The Labute approximate surface area is 121 Å². The average Bonchev–Trinajstić information content (AvgIpc) is 2.75. The number of hydrogen-bond acceptors (Lipinski definition) is 3. The van der Waals surface area contributed by atoms with Gasteiger partial charge in [-0.2, -0.15) is 0 Å². The SMILES string of the molecule is CC(=O)Nc1ccc(NCc2cc(Cl)cs2)cc1C. The van der Waals surface area contributed by atoms with Gasteiger partial charge in [0, 0.05) is 35.1 Å². The van der Waals surface area contributed by atoms with Crippen LogP contribution >= 0.6 is 22.9 Å². The minimum Gasteiger partial charge on any atom is -0.380 e. The molecule has 0 radical (unpaired) electrons. The lowest BCUT2D eigenvalue weighted by Crippen LogP contribution is -2.07. The molecule has 1 aromatic carbocycles. The van der Waals surface area contributed by atoms with Crippen LogP contribution in [0, 0.1) is 6.92 Å². The Morgan fingerprint density at radius 2 is 2.16 bits per heavy atom. The molecule has 1 aromatic heterocycles. The van der Waals surface area contributed by atoms with Crippen molar-refractivity contribution in [2.75, 3.05) is 10.6 Å². The Morgan fingerprint density at radius 3 is 2.74 bits per heavy atom. The normalized spacial score (nSPS) is 10.3. The first-order chi connectivity index (χ1) is 9.04. The summed E-state index contributed by atoms with van der Waals surface area (Å²) in [6.07, 6.45) is 0. The largest absolute Gasteiger partial charge is 0.380 e. The molecule has 0 atom stereocenters. The van der Waals surface area contributed by atoms with Crippen LogP contribution in [0.15, 0.2) is 29.6 Å². The third-order valence-corrected chi connectivity index (χ3v) is 3.91. The van der Waals surface area contributed by atoms with E-state index in [1.54, 1.807) is 11.3 Å². The van der Waals surface area contributed by atoms with Crippen LogP contribution in [0.3, 0.4) is 0 Å². The van der Waals surface area contributed by atoms with E-state index in [1.165, 1.54) is 11.8 Å². The van der Waals surface area contributed by atoms with Crippen LogP contribution in [0.2, 0.25) is 5.02 Å². The van der Waals surface area contributed by atoms with E-state index in [4.69, 9.17) is 11.6 Å². The summed E-state index contributed by atoms with van der Waals surface area (Å²) in [5.74, 6) is -0.0583. The summed E-state index contributed by atoms with van der Waals surface area (Å²) in [7, 11) is 0. The molecule has 100 valence electrons. The van der Waals surface area contributed by atoms with E-state index in [1.807, 2.05) is 36.6 Å². The van der Waals surface area contributed by atoms with Crippen molar-refractivity contribution in [3.05, 3.63) is 45.1 Å². The number of hydrogen-bond donors (Lipinski definition) is 2. The quantitative estimate of drug-likeness (QED) is 0.883. The van der Waals surface area contributed by atoms with Crippen LogP contribution in [0.4, 0.5) is 11.4 Å². The minimum atomic E-state index is -0.0583. The Morgan fingerprint density at radius 1 is 1.37 bits per heavy atom. The molecule has 1 heterocycles. The first-order valence-corrected chi connectivity index (χ1v) is 7.15. The standard InChI is InChI=1S/C14H15ClN2OS/c1-9-5-12(3-4-14(9)17-10(2)18)16-7-13-6-11(15)8-19-13/h3-6,8,16H,7H2,1-2H3,(H,17,18). The van der Waals surface area contributed by atoms with Crippen molar-refractivity contribution in [1.29, 1.82) is 0 Å². The highest BCUT2D eigenvalue weighted by Crippen LogP contribution is 2.22. The van der Waals surface area contributed by atoms with Crippen LogP contribution in [0.5, 0.6) is 0 Å². The van der Waals surface area contributed by atoms with Crippen LogP contribution in [-0.4, -0.2) is 5.91 Å². The molecule has 5 heteroatoms. The predicted molar refractivity (Wildman–Crippen MR) is 82.1 cm³/mol. The molecule has 0 fully saturated rings. The first kappa shape index (κ1) is 13.9. The molecule has 0 saturated carbocycles. The molecule has 2 N–H and O–H groups in total. The molecule has 0 aliphatic heterocycles. The monoisotopic (exact) mass is 294 g/mol. The summed E-state index contributed by atoms with van der Waals surface area (Å²) in [5.41, 5.74) is 2.90. The topological polar surface area (TPSA) is 41.1 Å². The van der Waals surface area contributed by atoms with Crippen molar-refractivity contribution in [2.24, 2.45) is 0 Å². The fourth-order valence-electron chi connectivity index (χ4n) is 1.74. The van der Waals surface area contributed by atoms with Gasteiger partial charge in [0.05, 0.1) is 5.02 Å². The van der Waals surface area contributed by atoms with Gasteiger partial charge in [-0.1, -0.05) is 11.6 Å². The molecule has 0 aliphatic carbocycles. The number of halogens is 1. The van der Waals surface area contributed by atoms with Gasteiger partial charge in [0.1, 0.15) is 0 Å². The molecule has 19 heavy (non-hydrogen) atoms. The summed E-state index contributed by atoms with van der Waals surface area (Å²) in [6, 6.07) is 7.83. The van der Waals surface area contributed by atoms with Gasteiger partial charge in [0.2, 0.25) is 5.91 Å². The first-order valence-electron chi connectivity index (χ1n) is 5.89. The number of benzene rings is 1. The molecule has 3 nitrogen and oxygen atoms in total. The zero-order chi connectivity index (χ0) is 13.8. The summed E-state index contributed by atoms with van der Waals surface area (Å²) < 4.78 is 0.